The fourth-order valence-corrected chi connectivity index (χ4v) is 1.93. The van der Waals surface area contributed by atoms with Crippen LogP contribution in [0, 0.1) is 0 Å². The lowest BCUT2D eigenvalue weighted by atomic mass is 10.0. The van der Waals surface area contributed by atoms with Gasteiger partial charge in [0.05, 0.1) is 0 Å². The Balaban J connectivity index is 2.09. The number of nitrogens with zero attached hydrogens (tertiary/aromatic N) is 1. The molecular weight excluding hydrogens is 200 g/mol. The molecule has 1 saturated heterocycles. The van der Waals surface area contributed by atoms with Gasteiger partial charge in [-0.25, -0.2) is 4.79 Å². The smallest absolute Gasteiger partial charge is 0.317 e. The Labute approximate surface area is 96.5 Å². The number of hydrogen-bond acceptors (Lipinski definition) is 1. The molecule has 0 aliphatic carbocycles. The van der Waals surface area contributed by atoms with Crippen LogP contribution in [-0.2, 0) is 6.54 Å². The molecule has 0 unspecified atom stereocenters. The van der Waals surface area contributed by atoms with Crippen LogP contribution < -0.4 is 5.32 Å². The summed E-state index contributed by atoms with van der Waals surface area (Å²) in [5.41, 5.74) is 2.54. The van der Waals surface area contributed by atoms with E-state index < -0.39 is 0 Å². The predicted octanol–water partition coefficient (Wildman–Crippen LogP) is 2.34. The third-order valence-electron chi connectivity index (χ3n) is 2.94. The molecule has 1 N–H and O–H groups in total. The Morgan fingerprint density at radius 3 is 2.88 bits per heavy atom. The molecule has 1 fully saturated rings. The van der Waals surface area contributed by atoms with Gasteiger partial charge in [-0.05, 0) is 17.0 Å². The second-order valence-electron chi connectivity index (χ2n) is 4.55. The molecule has 2 rings (SSSR count). The number of rotatable bonds is 3. The van der Waals surface area contributed by atoms with Crippen LogP contribution in [-0.4, -0.2) is 24.0 Å². The molecule has 1 heterocycles. The lowest BCUT2D eigenvalue weighted by Gasteiger charge is -2.15. The summed E-state index contributed by atoms with van der Waals surface area (Å²) in [6.07, 6.45) is 0. The molecule has 16 heavy (non-hydrogen) atoms. The van der Waals surface area contributed by atoms with E-state index in [9.17, 15) is 4.79 Å². The second-order valence-corrected chi connectivity index (χ2v) is 4.55. The zero-order valence-corrected chi connectivity index (χ0v) is 9.86. The van der Waals surface area contributed by atoms with Crippen LogP contribution >= 0.6 is 0 Å². The summed E-state index contributed by atoms with van der Waals surface area (Å²) in [4.78, 5) is 13.3. The summed E-state index contributed by atoms with van der Waals surface area (Å²) >= 11 is 0. The minimum Gasteiger partial charge on any atom is -0.336 e. The fourth-order valence-electron chi connectivity index (χ4n) is 1.93. The highest BCUT2D eigenvalue weighted by Crippen LogP contribution is 2.17. The summed E-state index contributed by atoms with van der Waals surface area (Å²) < 4.78 is 0. The lowest BCUT2D eigenvalue weighted by molar-refractivity contribution is 0.215. The van der Waals surface area contributed by atoms with Crippen molar-refractivity contribution in [2.24, 2.45) is 0 Å². The van der Waals surface area contributed by atoms with Gasteiger partial charge in [-0.1, -0.05) is 38.1 Å². The molecule has 1 aromatic rings. The first-order chi connectivity index (χ1) is 7.66. The first kappa shape index (κ1) is 11.0. The van der Waals surface area contributed by atoms with Crippen molar-refractivity contribution >= 4 is 6.03 Å². The molecule has 1 aliphatic heterocycles. The minimum absolute atomic E-state index is 0.0509. The standard InChI is InChI=1S/C13H18N2O/c1-10(2)12-5-3-4-11(8-12)9-15-7-6-14-13(15)16/h3-5,8,10H,6-7,9H2,1-2H3,(H,14,16). The number of benzene rings is 1. The predicted molar refractivity (Wildman–Crippen MR) is 64.3 cm³/mol. The largest absolute Gasteiger partial charge is 0.336 e. The summed E-state index contributed by atoms with van der Waals surface area (Å²) in [7, 11) is 0. The second kappa shape index (κ2) is 4.56. The van der Waals surface area contributed by atoms with Crippen molar-refractivity contribution in [2.45, 2.75) is 26.3 Å². The average Bonchev–Trinajstić information content (AvgIpc) is 2.65. The van der Waals surface area contributed by atoms with Crippen molar-refractivity contribution in [2.75, 3.05) is 13.1 Å². The van der Waals surface area contributed by atoms with Crippen molar-refractivity contribution < 1.29 is 4.79 Å². The maximum Gasteiger partial charge on any atom is 0.317 e. The van der Waals surface area contributed by atoms with E-state index in [0.717, 1.165) is 13.1 Å². The first-order valence-corrected chi connectivity index (χ1v) is 5.78. The molecule has 0 saturated carbocycles. The van der Waals surface area contributed by atoms with Gasteiger partial charge in [0.15, 0.2) is 0 Å². The van der Waals surface area contributed by atoms with E-state index in [0.29, 0.717) is 12.5 Å². The van der Waals surface area contributed by atoms with Crippen LogP contribution in [0.15, 0.2) is 24.3 Å². The van der Waals surface area contributed by atoms with E-state index in [4.69, 9.17) is 0 Å². The maximum atomic E-state index is 11.4. The van der Waals surface area contributed by atoms with Crippen molar-refractivity contribution in [3.63, 3.8) is 0 Å². The zero-order chi connectivity index (χ0) is 11.5. The molecule has 0 aromatic heterocycles. The summed E-state index contributed by atoms with van der Waals surface area (Å²) in [6, 6.07) is 8.53. The molecule has 3 heteroatoms. The summed E-state index contributed by atoms with van der Waals surface area (Å²) in [5.74, 6) is 0.535. The van der Waals surface area contributed by atoms with E-state index >= 15 is 0 Å². The van der Waals surface area contributed by atoms with E-state index in [1.165, 1.54) is 11.1 Å². The van der Waals surface area contributed by atoms with Gasteiger partial charge in [0.25, 0.3) is 0 Å². The van der Waals surface area contributed by atoms with Gasteiger partial charge in [0.2, 0.25) is 0 Å². The topological polar surface area (TPSA) is 32.3 Å². The van der Waals surface area contributed by atoms with Crippen LogP contribution in [0.1, 0.15) is 30.9 Å². The van der Waals surface area contributed by atoms with Gasteiger partial charge in [-0.2, -0.15) is 0 Å². The molecule has 1 aromatic carbocycles. The van der Waals surface area contributed by atoms with Gasteiger partial charge >= 0.3 is 6.03 Å². The SMILES string of the molecule is CC(C)c1cccc(CN2CCNC2=O)c1. The van der Waals surface area contributed by atoms with Crippen molar-refractivity contribution in [1.29, 1.82) is 0 Å². The van der Waals surface area contributed by atoms with E-state index in [-0.39, 0.29) is 6.03 Å². The average molecular weight is 218 g/mol. The van der Waals surface area contributed by atoms with Gasteiger partial charge in [-0.3, -0.25) is 0 Å². The highest BCUT2D eigenvalue weighted by Gasteiger charge is 2.19. The Hall–Kier alpha value is -1.51. The van der Waals surface area contributed by atoms with Crippen LogP contribution in [0.25, 0.3) is 0 Å². The third kappa shape index (κ3) is 2.35. The van der Waals surface area contributed by atoms with E-state index in [2.05, 4.69) is 43.4 Å². The molecule has 3 nitrogen and oxygen atoms in total. The Bertz CT molecular complexity index is 387. The normalized spacial score (nSPS) is 15.7. The number of urea groups is 1. The summed E-state index contributed by atoms with van der Waals surface area (Å²) in [5, 5.41) is 2.81. The molecule has 2 amide bonds. The molecular formula is C13H18N2O. The number of hydrogen-bond donors (Lipinski definition) is 1. The molecule has 0 spiro atoms. The quantitative estimate of drug-likeness (QED) is 0.829. The third-order valence-corrected chi connectivity index (χ3v) is 2.94. The molecule has 0 atom stereocenters. The number of carbonyl (C=O) groups excluding carboxylic acids is 1. The van der Waals surface area contributed by atoms with Crippen LogP contribution in [0.5, 0.6) is 0 Å². The van der Waals surface area contributed by atoms with Crippen LogP contribution in [0.2, 0.25) is 0 Å². The first-order valence-electron chi connectivity index (χ1n) is 5.78. The highest BCUT2D eigenvalue weighted by molar-refractivity contribution is 5.76. The van der Waals surface area contributed by atoms with Crippen molar-refractivity contribution in [3.8, 4) is 0 Å². The van der Waals surface area contributed by atoms with E-state index in [1.807, 2.05) is 4.90 Å². The Kier molecular flexibility index (Phi) is 3.13. The van der Waals surface area contributed by atoms with Crippen LogP contribution in [0.4, 0.5) is 4.79 Å². The van der Waals surface area contributed by atoms with Crippen molar-refractivity contribution in [3.05, 3.63) is 35.4 Å². The number of amides is 2. The minimum atomic E-state index is 0.0509. The number of carbonyl (C=O) groups is 1. The molecule has 0 radical (unpaired) electrons. The molecule has 0 bridgehead atoms. The van der Waals surface area contributed by atoms with E-state index in [1.54, 1.807) is 0 Å². The lowest BCUT2D eigenvalue weighted by Crippen LogP contribution is -2.27. The molecule has 1 aliphatic rings. The van der Waals surface area contributed by atoms with Crippen molar-refractivity contribution in [1.82, 2.24) is 10.2 Å². The van der Waals surface area contributed by atoms with Gasteiger partial charge in [0.1, 0.15) is 0 Å². The highest BCUT2D eigenvalue weighted by atomic mass is 16.2. The van der Waals surface area contributed by atoms with Crippen LogP contribution in [0.3, 0.4) is 0 Å². The van der Waals surface area contributed by atoms with Gasteiger partial charge in [-0.15, -0.1) is 0 Å². The Morgan fingerprint density at radius 2 is 2.25 bits per heavy atom. The fraction of sp³-hybridized carbons (Fsp3) is 0.462. The Morgan fingerprint density at radius 1 is 1.44 bits per heavy atom. The molecule has 86 valence electrons. The summed E-state index contributed by atoms with van der Waals surface area (Å²) in [6.45, 7) is 6.66. The van der Waals surface area contributed by atoms with Gasteiger partial charge < -0.3 is 10.2 Å². The number of nitrogens with one attached hydrogen (secondary N) is 1. The maximum absolute atomic E-state index is 11.4. The van der Waals surface area contributed by atoms with Gasteiger partial charge in [0, 0.05) is 19.6 Å². The monoisotopic (exact) mass is 218 g/mol. The zero-order valence-electron chi connectivity index (χ0n) is 9.86.